The predicted molar refractivity (Wildman–Crippen MR) is 73.0 cm³/mol. The quantitative estimate of drug-likeness (QED) is 0.908. The minimum Gasteiger partial charge on any atom is -0.481 e. The van der Waals surface area contributed by atoms with Crippen molar-refractivity contribution in [2.45, 2.75) is 13.3 Å². The number of carbonyl (C=O) groups is 1. The molecule has 0 aromatic heterocycles. The van der Waals surface area contributed by atoms with E-state index in [2.05, 4.69) is 0 Å². The van der Waals surface area contributed by atoms with E-state index < -0.39 is 5.97 Å². The van der Waals surface area contributed by atoms with Gasteiger partial charge in [-0.25, -0.2) is 0 Å². The molecule has 92 valence electrons. The van der Waals surface area contributed by atoms with E-state index in [0.29, 0.717) is 0 Å². The van der Waals surface area contributed by atoms with Crippen LogP contribution in [0, 0.1) is 6.92 Å². The van der Waals surface area contributed by atoms with Gasteiger partial charge in [-0.1, -0.05) is 41.9 Å². The first kappa shape index (κ1) is 12.7. The average Bonchev–Trinajstić information content (AvgIpc) is 2.32. The number of carboxylic acid groups (broad SMARTS) is 1. The maximum Gasteiger partial charge on any atom is 0.307 e. The van der Waals surface area contributed by atoms with Gasteiger partial charge in [-0.3, -0.25) is 4.79 Å². The van der Waals surface area contributed by atoms with E-state index in [1.165, 1.54) is 0 Å². The number of aliphatic carboxylic acids is 1. The Morgan fingerprint density at radius 3 is 2.56 bits per heavy atom. The van der Waals surface area contributed by atoms with E-state index in [9.17, 15) is 4.79 Å². The molecule has 2 aromatic rings. The normalized spacial score (nSPS) is 10.3. The molecular weight excluding hydrogens is 248 g/mol. The zero-order valence-electron chi connectivity index (χ0n) is 9.98. The van der Waals surface area contributed by atoms with Crippen LogP contribution in [0.4, 0.5) is 0 Å². The Morgan fingerprint density at radius 1 is 1.17 bits per heavy atom. The van der Waals surface area contributed by atoms with Crippen LogP contribution in [0.15, 0.2) is 42.5 Å². The van der Waals surface area contributed by atoms with Crippen molar-refractivity contribution in [1.29, 1.82) is 0 Å². The summed E-state index contributed by atoms with van der Waals surface area (Å²) in [6, 6.07) is 13.4. The highest BCUT2D eigenvalue weighted by molar-refractivity contribution is 6.31. The fourth-order valence-corrected chi connectivity index (χ4v) is 1.98. The van der Waals surface area contributed by atoms with Crippen LogP contribution in [0.5, 0.6) is 0 Å². The molecule has 0 heterocycles. The van der Waals surface area contributed by atoms with Crippen molar-refractivity contribution >= 4 is 17.6 Å². The van der Waals surface area contributed by atoms with Crippen molar-refractivity contribution < 1.29 is 9.90 Å². The van der Waals surface area contributed by atoms with Crippen LogP contribution in [0.3, 0.4) is 0 Å². The first-order chi connectivity index (χ1) is 8.56. The van der Waals surface area contributed by atoms with Gasteiger partial charge in [0.2, 0.25) is 0 Å². The summed E-state index contributed by atoms with van der Waals surface area (Å²) in [6.07, 6.45) is 0.0421. The molecular formula is C15H13ClO2. The molecule has 0 bridgehead atoms. The molecule has 0 radical (unpaired) electrons. The standard InChI is InChI=1S/C15H13ClO2/c1-10-7-13(5-6-14(10)16)12-4-2-3-11(8-12)9-15(17)18/h2-8H,9H2,1H3,(H,17,18). The molecule has 0 aliphatic rings. The summed E-state index contributed by atoms with van der Waals surface area (Å²) >= 11 is 5.99. The number of hydrogen-bond acceptors (Lipinski definition) is 1. The zero-order valence-corrected chi connectivity index (χ0v) is 10.7. The second-order valence-electron chi connectivity index (χ2n) is 4.23. The van der Waals surface area contributed by atoms with Crippen molar-refractivity contribution in [2.75, 3.05) is 0 Å². The van der Waals surface area contributed by atoms with Crippen molar-refractivity contribution in [3.63, 3.8) is 0 Å². The molecule has 3 heteroatoms. The van der Waals surface area contributed by atoms with Crippen LogP contribution in [0.25, 0.3) is 11.1 Å². The number of rotatable bonds is 3. The topological polar surface area (TPSA) is 37.3 Å². The molecule has 0 aliphatic carbocycles. The number of hydrogen-bond donors (Lipinski definition) is 1. The van der Waals surface area contributed by atoms with E-state index in [0.717, 1.165) is 27.3 Å². The number of benzene rings is 2. The summed E-state index contributed by atoms with van der Waals surface area (Å²) in [5.74, 6) is -0.820. The molecule has 0 unspecified atom stereocenters. The van der Waals surface area contributed by atoms with Crippen LogP contribution in [-0.2, 0) is 11.2 Å². The Bertz CT molecular complexity index is 591. The van der Waals surface area contributed by atoms with Gasteiger partial charge < -0.3 is 5.11 Å². The lowest BCUT2D eigenvalue weighted by molar-refractivity contribution is -0.136. The number of carboxylic acids is 1. The van der Waals surface area contributed by atoms with Crippen molar-refractivity contribution in [3.8, 4) is 11.1 Å². The van der Waals surface area contributed by atoms with E-state index in [1.807, 2.05) is 49.4 Å². The minimum absolute atomic E-state index is 0.0421. The van der Waals surface area contributed by atoms with E-state index >= 15 is 0 Å². The summed E-state index contributed by atoms with van der Waals surface area (Å²) in [7, 11) is 0. The lowest BCUT2D eigenvalue weighted by atomic mass is 10.0. The zero-order chi connectivity index (χ0) is 13.1. The summed E-state index contributed by atoms with van der Waals surface area (Å²) in [4.78, 5) is 10.7. The number of aryl methyl sites for hydroxylation is 1. The van der Waals surface area contributed by atoms with Gasteiger partial charge in [0.1, 0.15) is 0 Å². The second kappa shape index (κ2) is 5.23. The highest BCUT2D eigenvalue weighted by atomic mass is 35.5. The Labute approximate surface area is 111 Å². The summed E-state index contributed by atoms with van der Waals surface area (Å²) in [6.45, 7) is 1.95. The predicted octanol–water partition coefficient (Wildman–Crippen LogP) is 3.94. The highest BCUT2D eigenvalue weighted by Crippen LogP contribution is 2.25. The van der Waals surface area contributed by atoms with Gasteiger partial charge in [0.05, 0.1) is 6.42 Å². The van der Waals surface area contributed by atoms with Crippen LogP contribution < -0.4 is 0 Å². The Morgan fingerprint density at radius 2 is 1.89 bits per heavy atom. The van der Waals surface area contributed by atoms with Gasteiger partial charge in [0.25, 0.3) is 0 Å². The second-order valence-corrected chi connectivity index (χ2v) is 4.64. The van der Waals surface area contributed by atoms with Gasteiger partial charge in [0.15, 0.2) is 0 Å². The fraction of sp³-hybridized carbons (Fsp3) is 0.133. The molecule has 0 saturated heterocycles. The van der Waals surface area contributed by atoms with Crippen LogP contribution in [-0.4, -0.2) is 11.1 Å². The molecule has 0 spiro atoms. The molecule has 0 atom stereocenters. The summed E-state index contributed by atoms with van der Waals surface area (Å²) in [5.41, 5.74) is 3.86. The average molecular weight is 261 g/mol. The third-order valence-corrected chi connectivity index (χ3v) is 3.20. The largest absolute Gasteiger partial charge is 0.481 e. The lowest BCUT2D eigenvalue weighted by Gasteiger charge is -2.06. The molecule has 0 aliphatic heterocycles. The Hall–Kier alpha value is -1.80. The molecule has 0 saturated carbocycles. The first-order valence-corrected chi connectivity index (χ1v) is 6.01. The molecule has 2 rings (SSSR count). The van der Waals surface area contributed by atoms with Crippen molar-refractivity contribution in [1.82, 2.24) is 0 Å². The maximum absolute atomic E-state index is 10.7. The van der Waals surface area contributed by atoms with Gasteiger partial charge >= 0.3 is 5.97 Å². The lowest BCUT2D eigenvalue weighted by Crippen LogP contribution is -1.99. The first-order valence-electron chi connectivity index (χ1n) is 5.63. The number of halogens is 1. The van der Waals surface area contributed by atoms with E-state index in [-0.39, 0.29) is 6.42 Å². The Balaban J connectivity index is 2.38. The van der Waals surface area contributed by atoms with Gasteiger partial charge in [-0.2, -0.15) is 0 Å². The van der Waals surface area contributed by atoms with Crippen molar-refractivity contribution in [2.24, 2.45) is 0 Å². The molecule has 1 N–H and O–H groups in total. The minimum atomic E-state index is -0.820. The van der Waals surface area contributed by atoms with Crippen molar-refractivity contribution in [3.05, 3.63) is 58.6 Å². The Kier molecular flexibility index (Phi) is 3.68. The smallest absolute Gasteiger partial charge is 0.307 e. The molecule has 0 amide bonds. The van der Waals surface area contributed by atoms with Crippen LogP contribution in [0.1, 0.15) is 11.1 Å². The van der Waals surface area contributed by atoms with Gasteiger partial charge in [-0.15, -0.1) is 0 Å². The van der Waals surface area contributed by atoms with E-state index in [1.54, 1.807) is 0 Å². The summed E-state index contributed by atoms with van der Waals surface area (Å²) in [5, 5.41) is 9.53. The molecule has 0 fully saturated rings. The van der Waals surface area contributed by atoms with Gasteiger partial charge in [-0.05, 0) is 41.3 Å². The molecule has 2 aromatic carbocycles. The SMILES string of the molecule is Cc1cc(-c2cccc(CC(=O)O)c2)ccc1Cl. The third-order valence-electron chi connectivity index (χ3n) is 2.77. The third kappa shape index (κ3) is 2.90. The highest BCUT2D eigenvalue weighted by Gasteiger charge is 2.04. The molecule has 2 nitrogen and oxygen atoms in total. The van der Waals surface area contributed by atoms with Crippen LogP contribution in [0.2, 0.25) is 5.02 Å². The van der Waals surface area contributed by atoms with E-state index in [4.69, 9.17) is 16.7 Å². The van der Waals surface area contributed by atoms with Gasteiger partial charge in [0, 0.05) is 5.02 Å². The fourth-order valence-electron chi connectivity index (χ4n) is 1.86. The monoisotopic (exact) mass is 260 g/mol. The maximum atomic E-state index is 10.7. The summed E-state index contributed by atoms with van der Waals surface area (Å²) < 4.78 is 0. The molecule has 18 heavy (non-hydrogen) atoms. The van der Waals surface area contributed by atoms with Crippen LogP contribution >= 0.6 is 11.6 Å².